The van der Waals surface area contributed by atoms with Gasteiger partial charge in [0.05, 0.1) is 0 Å². The molecular weight excluding hydrogens is 156 g/mol. The second-order valence-corrected chi connectivity index (χ2v) is 4.43. The van der Waals surface area contributed by atoms with Gasteiger partial charge in [-0.15, -0.1) is 0 Å². The molecule has 13 heavy (non-hydrogen) atoms. The molecule has 0 bridgehead atoms. The monoisotopic (exact) mass is 182 g/mol. The van der Waals surface area contributed by atoms with Crippen LogP contribution in [0.4, 0.5) is 0 Å². The molecule has 0 atom stereocenters. The van der Waals surface area contributed by atoms with Gasteiger partial charge in [-0.2, -0.15) is 0 Å². The van der Waals surface area contributed by atoms with Crippen LogP contribution in [0.5, 0.6) is 0 Å². The Hall–Kier alpha value is -0.260. The van der Waals surface area contributed by atoms with E-state index >= 15 is 0 Å². The van der Waals surface area contributed by atoms with Crippen molar-refractivity contribution < 1.29 is 0 Å². The van der Waals surface area contributed by atoms with E-state index in [4.69, 9.17) is 0 Å². The van der Waals surface area contributed by atoms with Gasteiger partial charge in [-0.3, -0.25) is 0 Å². The zero-order valence-corrected chi connectivity index (χ0v) is 10.1. The predicted octanol–water partition coefficient (Wildman–Crippen LogP) is 4.95. The van der Waals surface area contributed by atoms with Crippen molar-refractivity contribution in [1.29, 1.82) is 0 Å². The summed E-state index contributed by atoms with van der Waals surface area (Å²) in [5.74, 6) is 0.728. The highest BCUT2D eigenvalue weighted by Crippen LogP contribution is 2.18. The van der Waals surface area contributed by atoms with Crippen molar-refractivity contribution in [2.75, 3.05) is 0 Å². The van der Waals surface area contributed by atoms with E-state index in [0.717, 1.165) is 5.92 Å². The molecule has 0 heteroatoms. The molecule has 0 aliphatic rings. The van der Waals surface area contributed by atoms with Crippen LogP contribution in [0.15, 0.2) is 11.1 Å². The Kier molecular flexibility index (Phi) is 7.03. The molecule has 0 aromatic heterocycles. The average molecular weight is 182 g/mol. The highest BCUT2D eigenvalue weighted by Gasteiger charge is 2.01. The maximum absolute atomic E-state index is 2.29. The van der Waals surface area contributed by atoms with Crippen molar-refractivity contribution in [3.8, 4) is 0 Å². The zero-order valence-electron chi connectivity index (χ0n) is 10.1. The van der Waals surface area contributed by atoms with Crippen molar-refractivity contribution in [2.24, 2.45) is 5.92 Å². The van der Waals surface area contributed by atoms with Crippen LogP contribution in [0.1, 0.15) is 66.7 Å². The lowest BCUT2D eigenvalue weighted by Crippen LogP contribution is -1.93. The van der Waals surface area contributed by atoms with E-state index in [1.807, 2.05) is 0 Å². The van der Waals surface area contributed by atoms with E-state index in [1.165, 1.54) is 32.1 Å². The molecule has 0 aliphatic carbocycles. The summed E-state index contributed by atoms with van der Waals surface area (Å²) in [4.78, 5) is 0. The summed E-state index contributed by atoms with van der Waals surface area (Å²) in [6.45, 7) is 11.4. The van der Waals surface area contributed by atoms with Crippen LogP contribution >= 0.6 is 0 Å². The lowest BCUT2D eigenvalue weighted by atomic mass is 9.96. The van der Waals surface area contributed by atoms with Gasteiger partial charge in [0.25, 0.3) is 0 Å². The Morgan fingerprint density at radius 1 is 1.00 bits per heavy atom. The quantitative estimate of drug-likeness (QED) is 0.403. The average Bonchev–Trinajstić information content (AvgIpc) is 2.10. The zero-order chi connectivity index (χ0) is 10.3. The SMILES string of the molecule is CCCCCCC(C)=C(C)C(C)C. The molecule has 0 radical (unpaired) electrons. The van der Waals surface area contributed by atoms with E-state index in [-0.39, 0.29) is 0 Å². The molecule has 0 aromatic rings. The third-order valence-electron chi connectivity index (χ3n) is 2.94. The van der Waals surface area contributed by atoms with Crippen LogP contribution < -0.4 is 0 Å². The van der Waals surface area contributed by atoms with Crippen molar-refractivity contribution in [3.63, 3.8) is 0 Å². The van der Waals surface area contributed by atoms with E-state index in [0.29, 0.717) is 0 Å². The van der Waals surface area contributed by atoms with Crippen LogP contribution in [0.25, 0.3) is 0 Å². The lowest BCUT2D eigenvalue weighted by Gasteiger charge is -2.10. The minimum absolute atomic E-state index is 0.728. The molecular formula is C13H26. The summed E-state index contributed by atoms with van der Waals surface area (Å²) in [7, 11) is 0. The van der Waals surface area contributed by atoms with Crippen LogP contribution in [0.2, 0.25) is 0 Å². The van der Waals surface area contributed by atoms with Gasteiger partial charge in [0.1, 0.15) is 0 Å². The summed E-state index contributed by atoms with van der Waals surface area (Å²) < 4.78 is 0. The fourth-order valence-corrected chi connectivity index (χ4v) is 1.51. The molecule has 0 spiro atoms. The lowest BCUT2D eigenvalue weighted by molar-refractivity contribution is 0.653. The van der Waals surface area contributed by atoms with Crippen LogP contribution in [0, 0.1) is 5.92 Å². The van der Waals surface area contributed by atoms with Crippen LogP contribution in [-0.2, 0) is 0 Å². The normalized spacial score (nSPS) is 13.4. The molecule has 0 amide bonds. The van der Waals surface area contributed by atoms with Crippen molar-refractivity contribution in [3.05, 3.63) is 11.1 Å². The minimum Gasteiger partial charge on any atom is -0.0741 e. The fourth-order valence-electron chi connectivity index (χ4n) is 1.51. The topological polar surface area (TPSA) is 0 Å². The summed E-state index contributed by atoms with van der Waals surface area (Å²) in [6.07, 6.45) is 6.83. The molecule has 0 fully saturated rings. The molecule has 0 nitrogen and oxygen atoms in total. The van der Waals surface area contributed by atoms with Crippen molar-refractivity contribution in [2.45, 2.75) is 66.7 Å². The first-order valence-electron chi connectivity index (χ1n) is 5.75. The van der Waals surface area contributed by atoms with Gasteiger partial charge in [0.15, 0.2) is 0 Å². The highest BCUT2D eigenvalue weighted by atomic mass is 14.1. The van der Waals surface area contributed by atoms with Crippen molar-refractivity contribution >= 4 is 0 Å². The molecule has 0 saturated carbocycles. The summed E-state index contributed by atoms with van der Waals surface area (Å²) in [5, 5.41) is 0. The molecule has 0 heterocycles. The number of allylic oxidation sites excluding steroid dienone is 2. The van der Waals surface area contributed by atoms with Gasteiger partial charge in [-0.1, -0.05) is 51.2 Å². The smallest absolute Gasteiger partial charge is 0.0260 e. The summed E-state index contributed by atoms with van der Waals surface area (Å²) >= 11 is 0. The first kappa shape index (κ1) is 12.7. The molecule has 0 aromatic carbocycles. The Balaban J connectivity index is 3.72. The molecule has 0 aliphatic heterocycles. The van der Waals surface area contributed by atoms with Gasteiger partial charge < -0.3 is 0 Å². The van der Waals surface area contributed by atoms with Gasteiger partial charge in [-0.05, 0) is 32.6 Å². The summed E-state index contributed by atoms with van der Waals surface area (Å²) in [5.41, 5.74) is 3.21. The van der Waals surface area contributed by atoms with E-state index in [2.05, 4.69) is 34.6 Å². The fraction of sp³-hybridized carbons (Fsp3) is 0.846. The maximum Gasteiger partial charge on any atom is -0.0260 e. The first-order chi connectivity index (χ1) is 6.09. The predicted molar refractivity (Wildman–Crippen MR) is 62.0 cm³/mol. The van der Waals surface area contributed by atoms with Gasteiger partial charge in [0, 0.05) is 0 Å². The highest BCUT2D eigenvalue weighted by molar-refractivity contribution is 5.11. The second kappa shape index (κ2) is 7.17. The van der Waals surface area contributed by atoms with E-state index < -0.39 is 0 Å². The Morgan fingerprint density at radius 2 is 1.62 bits per heavy atom. The molecule has 78 valence electrons. The maximum atomic E-state index is 2.29. The van der Waals surface area contributed by atoms with Gasteiger partial charge in [0.2, 0.25) is 0 Å². The molecule has 0 N–H and O–H groups in total. The Bertz CT molecular complexity index is 151. The summed E-state index contributed by atoms with van der Waals surface area (Å²) in [6, 6.07) is 0. The molecule has 0 saturated heterocycles. The Labute approximate surface area is 84.4 Å². The number of unbranched alkanes of at least 4 members (excludes halogenated alkanes) is 3. The molecule has 0 unspecified atom stereocenters. The van der Waals surface area contributed by atoms with Gasteiger partial charge >= 0.3 is 0 Å². The van der Waals surface area contributed by atoms with Crippen LogP contribution in [-0.4, -0.2) is 0 Å². The number of rotatable bonds is 6. The number of hydrogen-bond donors (Lipinski definition) is 0. The Morgan fingerprint density at radius 3 is 2.08 bits per heavy atom. The van der Waals surface area contributed by atoms with Crippen LogP contribution in [0.3, 0.4) is 0 Å². The van der Waals surface area contributed by atoms with Gasteiger partial charge in [-0.25, -0.2) is 0 Å². The largest absolute Gasteiger partial charge is 0.0741 e. The molecule has 0 rings (SSSR count). The minimum atomic E-state index is 0.728. The number of hydrogen-bond acceptors (Lipinski definition) is 0. The van der Waals surface area contributed by atoms with Crippen molar-refractivity contribution in [1.82, 2.24) is 0 Å². The van der Waals surface area contributed by atoms with E-state index in [9.17, 15) is 0 Å². The first-order valence-corrected chi connectivity index (χ1v) is 5.75. The van der Waals surface area contributed by atoms with E-state index in [1.54, 1.807) is 11.1 Å². The third kappa shape index (κ3) is 5.90. The standard InChI is InChI=1S/C13H26/c1-6-7-8-9-10-12(4)13(5)11(2)3/h11H,6-10H2,1-5H3. The third-order valence-corrected chi connectivity index (χ3v) is 2.94. The second-order valence-electron chi connectivity index (χ2n) is 4.43.